The molecule has 1 fully saturated rings. The molecule has 1 aromatic carbocycles. The maximum absolute atomic E-state index is 3.64. The minimum atomic E-state index is 0.672. The van der Waals surface area contributed by atoms with Crippen LogP contribution < -0.4 is 5.32 Å². The minimum Gasteiger partial charge on any atom is -0.382 e. The zero-order valence-corrected chi connectivity index (χ0v) is 11.7. The largest absolute Gasteiger partial charge is 0.382 e. The average Bonchev–Trinajstić information content (AvgIpc) is 2.27. The van der Waals surface area contributed by atoms with E-state index >= 15 is 0 Å². The summed E-state index contributed by atoms with van der Waals surface area (Å²) in [5.41, 5.74) is 2.54. The number of halogens is 1. The molecule has 1 aromatic rings. The van der Waals surface area contributed by atoms with Crippen molar-refractivity contribution in [3.05, 3.63) is 28.2 Å². The predicted octanol–water partition coefficient (Wildman–Crippen LogP) is 4.75. The van der Waals surface area contributed by atoms with E-state index in [2.05, 4.69) is 53.3 Å². The van der Waals surface area contributed by atoms with Crippen molar-refractivity contribution in [1.82, 2.24) is 0 Å². The summed E-state index contributed by atoms with van der Waals surface area (Å²) in [5.74, 6) is 0.919. The highest BCUT2D eigenvalue weighted by molar-refractivity contribution is 9.10. The number of anilines is 1. The van der Waals surface area contributed by atoms with E-state index in [1.807, 2.05) is 0 Å². The van der Waals surface area contributed by atoms with Gasteiger partial charge in [0.05, 0.1) is 0 Å². The van der Waals surface area contributed by atoms with Crippen LogP contribution in [-0.2, 0) is 0 Å². The lowest BCUT2D eigenvalue weighted by molar-refractivity contribution is 0.361. The van der Waals surface area contributed by atoms with E-state index in [1.165, 1.54) is 41.4 Å². The summed E-state index contributed by atoms with van der Waals surface area (Å²) in [4.78, 5) is 0. The third-order valence-corrected chi connectivity index (χ3v) is 4.41. The molecular formula is C14H20BrN. The third kappa shape index (κ3) is 3.00. The first-order chi connectivity index (χ1) is 7.65. The van der Waals surface area contributed by atoms with Gasteiger partial charge in [0.1, 0.15) is 0 Å². The predicted molar refractivity (Wildman–Crippen MR) is 73.9 cm³/mol. The highest BCUT2D eigenvalue weighted by atomic mass is 79.9. The van der Waals surface area contributed by atoms with E-state index in [0.717, 1.165) is 5.92 Å². The molecule has 0 atom stereocenters. The molecule has 0 aromatic heterocycles. The van der Waals surface area contributed by atoms with E-state index in [4.69, 9.17) is 0 Å². The van der Waals surface area contributed by atoms with Crippen LogP contribution in [0.4, 0.5) is 5.69 Å². The molecule has 0 bridgehead atoms. The molecular weight excluding hydrogens is 262 g/mol. The van der Waals surface area contributed by atoms with E-state index in [1.54, 1.807) is 0 Å². The highest BCUT2D eigenvalue weighted by Gasteiger charge is 2.17. The van der Waals surface area contributed by atoms with Crippen molar-refractivity contribution >= 4 is 21.6 Å². The molecule has 1 aliphatic carbocycles. The molecule has 2 rings (SSSR count). The molecule has 1 N–H and O–H groups in total. The second-order valence-electron chi connectivity index (χ2n) is 5.07. The number of hydrogen-bond donors (Lipinski definition) is 1. The van der Waals surface area contributed by atoms with Crippen molar-refractivity contribution < 1.29 is 0 Å². The van der Waals surface area contributed by atoms with Gasteiger partial charge in [0.2, 0.25) is 0 Å². The lowest BCUT2D eigenvalue weighted by atomic mass is 9.87. The molecule has 1 saturated carbocycles. The Labute approximate surface area is 107 Å². The van der Waals surface area contributed by atoms with Gasteiger partial charge in [-0.05, 0) is 56.2 Å². The van der Waals surface area contributed by atoms with Gasteiger partial charge in [-0.1, -0.05) is 28.9 Å². The fourth-order valence-corrected chi connectivity index (χ4v) is 2.70. The zero-order valence-electron chi connectivity index (χ0n) is 10.1. The Morgan fingerprint density at radius 1 is 1.19 bits per heavy atom. The molecule has 0 radical (unpaired) electrons. The standard InChI is InChI=1S/C14H20BrN/c1-10-3-6-12(7-4-10)16-13-8-5-11(2)14(15)9-13/h5,8-10,12,16H,3-4,6-7H2,1-2H3. The van der Waals surface area contributed by atoms with Gasteiger partial charge in [0.15, 0.2) is 0 Å². The quantitative estimate of drug-likeness (QED) is 0.825. The summed E-state index contributed by atoms with van der Waals surface area (Å²) in [6, 6.07) is 7.20. The second-order valence-corrected chi connectivity index (χ2v) is 5.92. The van der Waals surface area contributed by atoms with Crippen molar-refractivity contribution in [1.29, 1.82) is 0 Å². The molecule has 2 heteroatoms. The van der Waals surface area contributed by atoms with Crippen LogP contribution >= 0.6 is 15.9 Å². The SMILES string of the molecule is Cc1ccc(NC2CCC(C)CC2)cc1Br. The summed E-state index contributed by atoms with van der Waals surface area (Å²) >= 11 is 3.58. The van der Waals surface area contributed by atoms with Crippen molar-refractivity contribution in [2.24, 2.45) is 5.92 Å². The first kappa shape index (κ1) is 12.0. The van der Waals surface area contributed by atoms with Crippen LogP contribution in [-0.4, -0.2) is 6.04 Å². The van der Waals surface area contributed by atoms with Gasteiger partial charge < -0.3 is 5.32 Å². The fraction of sp³-hybridized carbons (Fsp3) is 0.571. The lowest BCUT2D eigenvalue weighted by Gasteiger charge is -2.27. The molecule has 0 spiro atoms. The van der Waals surface area contributed by atoms with Crippen LogP contribution in [0, 0.1) is 12.8 Å². The summed E-state index contributed by atoms with van der Waals surface area (Å²) in [5, 5.41) is 3.64. The van der Waals surface area contributed by atoms with Crippen LogP contribution in [0.3, 0.4) is 0 Å². The first-order valence-electron chi connectivity index (χ1n) is 6.18. The van der Waals surface area contributed by atoms with Gasteiger partial charge in [-0.2, -0.15) is 0 Å². The van der Waals surface area contributed by atoms with E-state index in [0.29, 0.717) is 6.04 Å². The van der Waals surface area contributed by atoms with Crippen LogP contribution in [0.25, 0.3) is 0 Å². The molecule has 0 amide bonds. The molecule has 88 valence electrons. The van der Waals surface area contributed by atoms with Crippen molar-refractivity contribution in [3.63, 3.8) is 0 Å². The Hall–Kier alpha value is -0.500. The van der Waals surface area contributed by atoms with Gasteiger partial charge >= 0.3 is 0 Å². The normalized spacial score (nSPS) is 25.4. The number of nitrogens with one attached hydrogen (secondary N) is 1. The third-order valence-electron chi connectivity index (χ3n) is 3.56. The Kier molecular flexibility index (Phi) is 3.91. The highest BCUT2D eigenvalue weighted by Crippen LogP contribution is 2.27. The summed E-state index contributed by atoms with van der Waals surface area (Å²) in [7, 11) is 0. The number of rotatable bonds is 2. The molecule has 1 nitrogen and oxygen atoms in total. The molecule has 1 aliphatic rings. The Bertz CT molecular complexity index is 354. The number of benzene rings is 1. The van der Waals surface area contributed by atoms with Gasteiger partial charge in [0.25, 0.3) is 0 Å². The summed E-state index contributed by atoms with van der Waals surface area (Å²) < 4.78 is 1.20. The first-order valence-corrected chi connectivity index (χ1v) is 6.97. The van der Waals surface area contributed by atoms with Crippen LogP contribution in [0.15, 0.2) is 22.7 Å². The smallest absolute Gasteiger partial charge is 0.0353 e. The maximum Gasteiger partial charge on any atom is 0.0353 e. The average molecular weight is 282 g/mol. The number of hydrogen-bond acceptors (Lipinski definition) is 1. The molecule has 0 saturated heterocycles. The molecule has 0 aliphatic heterocycles. The minimum absolute atomic E-state index is 0.672. The van der Waals surface area contributed by atoms with E-state index in [9.17, 15) is 0 Å². The van der Waals surface area contributed by atoms with Gasteiger partial charge in [-0.3, -0.25) is 0 Å². The van der Waals surface area contributed by atoms with Crippen molar-refractivity contribution in [2.45, 2.75) is 45.6 Å². The molecule has 0 heterocycles. The Balaban J connectivity index is 1.96. The van der Waals surface area contributed by atoms with Gasteiger partial charge in [0, 0.05) is 16.2 Å². The molecule has 0 unspecified atom stereocenters. The fourth-order valence-electron chi connectivity index (χ4n) is 2.32. The van der Waals surface area contributed by atoms with Gasteiger partial charge in [-0.15, -0.1) is 0 Å². The van der Waals surface area contributed by atoms with Crippen molar-refractivity contribution in [2.75, 3.05) is 5.32 Å². The summed E-state index contributed by atoms with van der Waals surface area (Å²) in [6.45, 7) is 4.48. The van der Waals surface area contributed by atoms with Crippen molar-refractivity contribution in [3.8, 4) is 0 Å². The van der Waals surface area contributed by atoms with Gasteiger partial charge in [-0.25, -0.2) is 0 Å². The Morgan fingerprint density at radius 2 is 1.88 bits per heavy atom. The topological polar surface area (TPSA) is 12.0 Å². The molecule has 16 heavy (non-hydrogen) atoms. The monoisotopic (exact) mass is 281 g/mol. The van der Waals surface area contributed by atoms with Crippen LogP contribution in [0.5, 0.6) is 0 Å². The second kappa shape index (κ2) is 5.22. The zero-order chi connectivity index (χ0) is 11.5. The maximum atomic E-state index is 3.64. The van der Waals surface area contributed by atoms with Crippen LogP contribution in [0.2, 0.25) is 0 Å². The Morgan fingerprint density at radius 3 is 2.50 bits per heavy atom. The summed E-state index contributed by atoms with van der Waals surface area (Å²) in [6.07, 6.45) is 5.36. The van der Waals surface area contributed by atoms with E-state index in [-0.39, 0.29) is 0 Å². The van der Waals surface area contributed by atoms with E-state index < -0.39 is 0 Å². The van der Waals surface area contributed by atoms with Crippen LogP contribution in [0.1, 0.15) is 38.2 Å². The number of aryl methyl sites for hydroxylation is 1. The lowest BCUT2D eigenvalue weighted by Crippen LogP contribution is -2.25.